The molecule has 1 N–H and O–H groups in total. The Hall–Kier alpha value is -3.26. The molecular weight excluding hydrogens is 590 g/mol. The van der Waals surface area contributed by atoms with E-state index in [-0.39, 0.29) is 16.6 Å². The Balaban J connectivity index is 1.49. The molecule has 0 bridgehead atoms. The fraction of sp³-hybridized carbons (Fsp3) is 0.0870. The van der Waals surface area contributed by atoms with Crippen LogP contribution in [0.3, 0.4) is 0 Å². The van der Waals surface area contributed by atoms with Gasteiger partial charge in [-0.15, -0.1) is 11.3 Å². The number of halogens is 1. The summed E-state index contributed by atoms with van der Waals surface area (Å²) in [6.07, 6.45) is 1.64. The Morgan fingerprint density at radius 1 is 1.25 bits per heavy atom. The van der Waals surface area contributed by atoms with Crippen LogP contribution >= 0.6 is 51.2 Å². The van der Waals surface area contributed by atoms with Crippen molar-refractivity contribution >= 4 is 79.1 Å². The van der Waals surface area contributed by atoms with Crippen molar-refractivity contribution in [3.63, 3.8) is 0 Å². The van der Waals surface area contributed by atoms with Crippen molar-refractivity contribution in [1.29, 1.82) is 0 Å². The average Bonchev–Trinajstić information content (AvgIpc) is 3.49. The Kier molecular flexibility index (Phi) is 8.04. The lowest BCUT2D eigenvalue weighted by Gasteiger charge is -2.15. The van der Waals surface area contributed by atoms with E-state index in [4.69, 9.17) is 21.7 Å². The normalized spacial score (nSPS) is 14.3. The van der Waals surface area contributed by atoms with Gasteiger partial charge in [0, 0.05) is 16.6 Å². The van der Waals surface area contributed by atoms with Crippen LogP contribution in [0, 0.1) is 10.1 Å². The van der Waals surface area contributed by atoms with Gasteiger partial charge in [0.2, 0.25) is 0 Å². The lowest BCUT2D eigenvalue weighted by atomic mass is 10.1. The molecule has 0 atom stereocenters. The summed E-state index contributed by atoms with van der Waals surface area (Å²) in [5.74, 6) is 0.00247. The number of nitro groups is 1. The van der Waals surface area contributed by atoms with Crippen molar-refractivity contribution in [1.82, 2.24) is 10.4 Å². The number of non-ortho nitro benzene ring substituents is 1. The van der Waals surface area contributed by atoms with Crippen molar-refractivity contribution in [2.24, 2.45) is 0 Å². The number of nitrogens with zero attached hydrogens (tertiary/aromatic N) is 2. The molecule has 1 saturated heterocycles. The number of carbonyl (C=O) groups is 2. The van der Waals surface area contributed by atoms with Crippen LogP contribution in [0.2, 0.25) is 0 Å². The molecule has 184 valence electrons. The molecule has 0 aliphatic carbocycles. The molecule has 0 unspecified atom stereocenters. The van der Waals surface area contributed by atoms with Crippen LogP contribution in [0.25, 0.3) is 6.08 Å². The maximum absolute atomic E-state index is 12.9. The number of hydrogen-bond acceptors (Lipinski definition) is 9. The largest absolute Gasteiger partial charge is 0.493 e. The molecule has 1 aliphatic rings. The second kappa shape index (κ2) is 11.2. The summed E-state index contributed by atoms with van der Waals surface area (Å²) in [6.45, 7) is 0.169. The first-order chi connectivity index (χ1) is 17.3. The van der Waals surface area contributed by atoms with E-state index >= 15 is 0 Å². The van der Waals surface area contributed by atoms with Gasteiger partial charge >= 0.3 is 0 Å². The van der Waals surface area contributed by atoms with Crippen molar-refractivity contribution < 1.29 is 24.0 Å². The minimum atomic E-state index is -0.463. The molecule has 0 spiro atoms. The zero-order valence-corrected chi connectivity index (χ0v) is 22.5. The van der Waals surface area contributed by atoms with Gasteiger partial charge < -0.3 is 9.47 Å². The predicted molar refractivity (Wildman–Crippen MR) is 145 cm³/mol. The van der Waals surface area contributed by atoms with E-state index in [0.717, 1.165) is 22.3 Å². The van der Waals surface area contributed by atoms with E-state index in [1.54, 1.807) is 47.9 Å². The molecule has 2 amide bonds. The summed E-state index contributed by atoms with van der Waals surface area (Å²) in [4.78, 5) is 36.4. The van der Waals surface area contributed by atoms with Crippen LogP contribution in [0.4, 0.5) is 5.69 Å². The van der Waals surface area contributed by atoms with E-state index < -0.39 is 16.7 Å². The highest BCUT2D eigenvalue weighted by Gasteiger charge is 2.34. The Morgan fingerprint density at radius 3 is 2.64 bits per heavy atom. The molecule has 0 saturated carbocycles. The Labute approximate surface area is 227 Å². The first-order valence-corrected chi connectivity index (χ1v) is 13.0. The van der Waals surface area contributed by atoms with Gasteiger partial charge in [-0.3, -0.25) is 25.1 Å². The highest BCUT2D eigenvalue weighted by Crippen LogP contribution is 2.38. The molecule has 1 aromatic heterocycles. The molecule has 0 radical (unpaired) electrons. The molecule has 9 nitrogen and oxygen atoms in total. The van der Waals surface area contributed by atoms with Gasteiger partial charge in [0.05, 0.1) is 21.8 Å². The van der Waals surface area contributed by atoms with Crippen LogP contribution in [0.5, 0.6) is 11.5 Å². The quantitative estimate of drug-likeness (QED) is 0.154. The number of nitro benzene ring substituents is 1. The monoisotopic (exact) mass is 605 g/mol. The third-order valence-corrected chi connectivity index (χ3v) is 7.72. The SMILES string of the molecule is COc1cc(/C=C2/SC(=S)N(NC(=O)c3cccs3)C2=O)c(Br)cc1OCc1ccc([N+](=O)[O-])cc1. The molecule has 4 rings (SSSR count). The molecular formula is C23H16BrN3O6S3. The first kappa shape index (κ1) is 25.8. The van der Waals surface area contributed by atoms with Crippen molar-refractivity contribution in [2.75, 3.05) is 7.11 Å². The number of carbonyl (C=O) groups excluding carboxylic acids is 2. The summed E-state index contributed by atoms with van der Waals surface area (Å²) < 4.78 is 12.2. The van der Waals surface area contributed by atoms with E-state index in [2.05, 4.69) is 21.4 Å². The summed E-state index contributed by atoms with van der Waals surface area (Å²) >= 11 is 11.1. The molecule has 1 aliphatic heterocycles. The highest BCUT2D eigenvalue weighted by atomic mass is 79.9. The second-order valence-electron chi connectivity index (χ2n) is 7.17. The number of benzene rings is 2. The maximum atomic E-state index is 12.9. The van der Waals surface area contributed by atoms with Gasteiger partial charge in [0.25, 0.3) is 17.5 Å². The van der Waals surface area contributed by atoms with Gasteiger partial charge in [-0.25, -0.2) is 0 Å². The number of amides is 2. The van der Waals surface area contributed by atoms with Crippen LogP contribution in [0.1, 0.15) is 20.8 Å². The van der Waals surface area contributed by atoms with Crippen LogP contribution < -0.4 is 14.9 Å². The fourth-order valence-electron chi connectivity index (χ4n) is 3.08. The van der Waals surface area contributed by atoms with Crippen LogP contribution in [-0.2, 0) is 11.4 Å². The number of thiophene rings is 1. The third-order valence-electron chi connectivity index (χ3n) is 4.86. The molecule has 2 heterocycles. The van der Waals surface area contributed by atoms with E-state index in [0.29, 0.717) is 31.3 Å². The van der Waals surface area contributed by atoms with E-state index in [1.807, 2.05) is 0 Å². The number of hydrazine groups is 1. The van der Waals surface area contributed by atoms with Gasteiger partial charge in [-0.2, -0.15) is 5.01 Å². The standard InChI is InChI=1S/C23H16BrN3O6S3/c1-32-17-9-14(16(24)11-18(17)33-12-13-4-6-15(7-5-13)27(30)31)10-20-22(29)26(23(34)36-20)25-21(28)19-3-2-8-35-19/h2-11H,12H2,1H3,(H,25,28)/b20-10+. The Bertz CT molecular complexity index is 1380. The lowest BCUT2D eigenvalue weighted by molar-refractivity contribution is -0.384. The number of ether oxygens (including phenoxy) is 2. The van der Waals surface area contributed by atoms with E-state index in [9.17, 15) is 19.7 Å². The van der Waals surface area contributed by atoms with Crippen LogP contribution in [0.15, 0.2) is 63.3 Å². The molecule has 13 heteroatoms. The smallest absolute Gasteiger partial charge is 0.285 e. The van der Waals surface area contributed by atoms with Gasteiger partial charge in [-0.05, 0) is 65.1 Å². The van der Waals surface area contributed by atoms with Gasteiger partial charge in [-0.1, -0.05) is 33.8 Å². The van der Waals surface area contributed by atoms with Gasteiger partial charge in [0.1, 0.15) is 6.61 Å². The molecule has 1 fully saturated rings. The summed E-state index contributed by atoms with van der Waals surface area (Å²) in [5, 5.41) is 13.6. The van der Waals surface area contributed by atoms with Crippen molar-refractivity contribution in [3.05, 3.63) is 89.4 Å². The lowest BCUT2D eigenvalue weighted by Crippen LogP contribution is -2.44. The number of thioether (sulfide) groups is 1. The number of hydrogen-bond donors (Lipinski definition) is 1. The summed E-state index contributed by atoms with van der Waals surface area (Å²) in [5.41, 5.74) is 3.93. The minimum Gasteiger partial charge on any atom is -0.493 e. The number of methoxy groups -OCH3 is 1. The zero-order chi connectivity index (χ0) is 25.8. The summed E-state index contributed by atoms with van der Waals surface area (Å²) in [6, 6.07) is 12.9. The first-order valence-electron chi connectivity index (χ1n) is 10.1. The van der Waals surface area contributed by atoms with Gasteiger partial charge in [0.15, 0.2) is 15.8 Å². The predicted octanol–water partition coefficient (Wildman–Crippen LogP) is 5.55. The number of nitrogens with one attached hydrogen (secondary N) is 1. The topological polar surface area (TPSA) is 111 Å². The number of thiocarbonyl (C=S) groups is 1. The van der Waals surface area contributed by atoms with E-state index in [1.165, 1.54) is 30.6 Å². The Morgan fingerprint density at radius 2 is 2.00 bits per heavy atom. The maximum Gasteiger partial charge on any atom is 0.285 e. The minimum absolute atomic E-state index is 0.0000654. The average molecular weight is 607 g/mol. The molecule has 3 aromatic rings. The molecule has 36 heavy (non-hydrogen) atoms. The fourth-order valence-corrected chi connectivity index (χ4v) is 5.30. The summed E-state index contributed by atoms with van der Waals surface area (Å²) in [7, 11) is 1.49. The van der Waals surface area contributed by atoms with Crippen LogP contribution in [-0.4, -0.2) is 33.2 Å². The van der Waals surface area contributed by atoms with Crippen molar-refractivity contribution in [2.45, 2.75) is 6.61 Å². The highest BCUT2D eigenvalue weighted by molar-refractivity contribution is 9.10. The zero-order valence-electron chi connectivity index (χ0n) is 18.4. The second-order valence-corrected chi connectivity index (χ2v) is 10.6. The number of rotatable bonds is 8. The van der Waals surface area contributed by atoms with Crippen molar-refractivity contribution in [3.8, 4) is 11.5 Å². The third kappa shape index (κ3) is 5.75. The molecule has 2 aromatic carbocycles.